The van der Waals surface area contributed by atoms with E-state index in [0.717, 1.165) is 31.6 Å². The van der Waals surface area contributed by atoms with Crippen LogP contribution < -0.4 is 4.74 Å². The van der Waals surface area contributed by atoms with Gasteiger partial charge >= 0.3 is 0 Å². The van der Waals surface area contributed by atoms with Crippen LogP contribution in [0.3, 0.4) is 0 Å². The SMILES string of the molecule is CCC12CCN(C)C(Cc3ccc(OC)cc31)C2O. The number of hydrogen-bond acceptors (Lipinski definition) is 3. The lowest BCUT2D eigenvalue weighted by atomic mass is 9.60. The molecule has 3 heteroatoms. The molecule has 0 spiro atoms. The third-order valence-corrected chi connectivity index (χ3v) is 5.32. The van der Waals surface area contributed by atoms with Gasteiger partial charge in [0.05, 0.1) is 13.2 Å². The lowest BCUT2D eigenvalue weighted by molar-refractivity contribution is -0.0496. The molecule has 0 amide bonds. The summed E-state index contributed by atoms with van der Waals surface area (Å²) in [5, 5.41) is 10.8. The molecule has 104 valence electrons. The van der Waals surface area contributed by atoms with E-state index in [1.54, 1.807) is 7.11 Å². The van der Waals surface area contributed by atoms with E-state index < -0.39 is 0 Å². The van der Waals surface area contributed by atoms with Gasteiger partial charge in [-0.2, -0.15) is 0 Å². The smallest absolute Gasteiger partial charge is 0.119 e. The van der Waals surface area contributed by atoms with Gasteiger partial charge in [0.2, 0.25) is 0 Å². The fourth-order valence-electron chi connectivity index (χ4n) is 3.99. The topological polar surface area (TPSA) is 32.7 Å². The third kappa shape index (κ3) is 1.72. The van der Waals surface area contributed by atoms with Gasteiger partial charge in [0, 0.05) is 11.5 Å². The molecule has 0 saturated carbocycles. The predicted molar refractivity (Wildman–Crippen MR) is 75.7 cm³/mol. The first-order valence-electron chi connectivity index (χ1n) is 7.18. The van der Waals surface area contributed by atoms with Gasteiger partial charge in [-0.05, 0) is 56.1 Å². The van der Waals surface area contributed by atoms with Crippen LogP contribution in [-0.4, -0.2) is 42.9 Å². The van der Waals surface area contributed by atoms with Crippen molar-refractivity contribution in [3.05, 3.63) is 29.3 Å². The lowest BCUT2D eigenvalue weighted by Crippen LogP contribution is -2.62. The summed E-state index contributed by atoms with van der Waals surface area (Å²) in [6.45, 7) is 3.26. The summed E-state index contributed by atoms with van der Waals surface area (Å²) in [5.74, 6) is 0.899. The van der Waals surface area contributed by atoms with E-state index in [2.05, 4.69) is 31.0 Å². The molecule has 3 atom stereocenters. The Bertz CT molecular complexity index is 488. The fraction of sp³-hybridized carbons (Fsp3) is 0.625. The number of rotatable bonds is 2. The van der Waals surface area contributed by atoms with Crippen LogP contribution in [0.1, 0.15) is 30.9 Å². The fourth-order valence-corrected chi connectivity index (χ4v) is 3.99. The number of piperidine rings is 1. The van der Waals surface area contributed by atoms with Crippen LogP contribution in [0.25, 0.3) is 0 Å². The van der Waals surface area contributed by atoms with Crippen LogP contribution in [0.2, 0.25) is 0 Å². The van der Waals surface area contributed by atoms with E-state index in [0.29, 0.717) is 0 Å². The molecule has 1 aromatic carbocycles. The molecule has 2 bridgehead atoms. The van der Waals surface area contributed by atoms with Crippen molar-refractivity contribution in [1.82, 2.24) is 4.90 Å². The van der Waals surface area contributed by atoms with E-state index in [1.807, 2.05) is 6.07 Å². The number of aliphatic hydroxyl groups excluding tert-OH is 1. The number of benzene rings is 1. The zero-order valence-corrected chi connectivity index (χ0v) is 12.0. The molecule has 1 N–H and O–H groups in total. The van der Waals surface area contributed by atoms with E-state index in [9.17, 15) is 5.11 Å². The largest absolute Gasteiger partial charge is 0.497 e. The molecule has 3 unspecified atom stereocenters. The summed E-state index contributed by atoms with van der Waals surface area (Å²) in [5.41, 5.74) is 2.61. The highest BCUT2D eigenvalue weighted by molar-refractivity contribution is 5.45. The summed E-state index contributed by atoms with van der Waals surface area (Å²) in [6.07, 6.45) is 2.69. The molecule has 3 nitrogen and oxygen atoms in total. The number of methoxy groups -OCH3 is 1. The van der Waals surface area contributed by atoms with Gasteiger partial charge in [-0.15, -0.1) is 0 Å². The van der Waals surface area contributed by atoms with Crippen LogP contribution in [-0.2, 0) is 11.8 Å². The Kier molecular flexibility index (Phi) is 3.06. The highest BCUT2D eigenvalue weighted by Gasteiger charge is 2.50. The van der Waals surface area contributed by atoms with Gasteiger partial charge < -0.3 is 14.7 Å². The van der Waals surface area contributed by atoms with Crippen LogP contribution in [0.5, 0.6) is 5.75 Å². The Morgan fingerprint density at radius 3 is 2.95 bits per heavy atom. The van der Waals surface area contributed by atoms with Crippen molar-refractivity contribution in [2.24, 2.45) is 0 Å². The molecule has 1 heterocycles. The summed E-state index contributed by atoms with van der Waals surface area (Å²) in [6, 6.07) is 6.62. The van der Waals surface area contributed by atoms with Crippen LogP contribution in [0.15, 0.2) is 18.2 Å². The molecule has 0 radical (unpaired) electrons. The van der Waals surface area contributed by atoms with Crippen molar-refractivity contribution < 1.29 is 9.84 Å². The summed E-state index contributed by atoms with van der Waals surface area (Å²) >= 11 is 0. The highest BCUT2D eigenvalue weighted by Crippen LogP contribution is 2.47. The summed E-state index contributed by atoms with van der Waals surface area (Å²) < 4.78 is 5.37. The Hall–Kier alpha value is -1.06. The van der Waals surface area contributed by atoms with Gasteiger partial charge in [0.15, 0.2) is 0 Å². The normalized spacial score (nSPS) is 33.9. The van der Waals surface area contributed by atoms with Crippen molar-refractivity contribution in [3.8, 4) is 5.75 Å². The first-order chi connectivity index (χ1) is 9.12. The maximum absolute atomic E-state index is 10.8. The first-order valence-corrected chi connectivity index (χ1v) is 7.18. The second-order valence-electron chi connectivity index (χ2n) is 5.98. The van der Waals surface area contributed by atoms with E-state index in [-0.39, 0.29) is 17.6 Å². The van der Waals surface area contributed by atoms with Gasteiger partial charge in [-0.3, -0.25) is 0 Å². The zero-order valence-electron chi connectivity index (χ0n) is 12.0. The van der Waals surface area contributed by atoms with Gasteiger partial charge in [0.25, 0.3) is 0 Å². The van der Waals surface area contributed by atoms with Crippen molar-refractivity contribution in [2.75, 3.05) is 20.7 Å². The number of likely N-dealkylation sites (N-methyl/N-ethyl adjacent to an activating group) is 1. The minimum absolute atomic E-state index is 0.0840. The van der Waals surface area contributed by atoms with Crippen LogP contribution in [0, 0.1) is 0 Å². The number of hydrogen-bond donors (Lipinski definition) is 1. The quantitative estimate of drug-likeness (QED) is 0.883. The van der Waals surface area contributed by atoms with Crippen LogP contribution in [0.4, 0.5) is 0 Å². The van der Waals surface area contributed by atoms with Crippen molar-refractivity contribution in [3.63, 3.8) is 0 Å². The molecule has 2 aliphatic rings. The van der Waals surface area contributed by atoms with Crippen molar-refractivity contribution in [1.29, 1.82) is 0 Å². The monoisotopic (exact) mass is 261 g/mol. The Balaban J connectivity index is 2.15. The molecule has 1 aliphatic heterocycles. The van der Waals surface area contributed by atoms with E-state index in [4.69, 9.17) is 4.74 Å². The molecule has 1 fully saturated rings. The zero-order chi connectivity index (χ0) is 13.6. The number of likely N-dealkylation sites (tertiary alicyclic amines) is 1. The first kappa shape index (κ1) is 12.9. The molecular weight excluding hydrogens is 238 g/mol. The Labute approximate surface area is 115 Å². The number of aliphatic hydroxyl groups is 1. The number of nitrogens with zero attached hydrogens (tertiary/aromatic N) is 1. The maximum Gasteiger partial charge on any atom is 0.119 e. The molecular formula is C16H23NO2. The predicted octanol–water partition coefficient (Wildman–Crippen LogP) is 1.96. The average Bonchev–Trinajstić information content (AvgIpc) is 2.43. The third-order valence-electron chi connectivity index (χ3n) is 5.32. The number of ether oxygens (including phenoxy) is 1. The maximum atomic E-state index is 10.8. The van der Waals surface area contributed by atoms with Crippen molar-refractivity contribution >= 4 is 0 Å². The van der Waals surface area contributed by atoms with E-state index in [1.165, 1.54) is 11.1 Å². The lowest BCUT2D eigenvalue weighted by Gasteiger charge is -2.53. The second kappa shape index (κ2) is 4.50. The van der Waals surface area contributed by atoms with Gasteiger partial charge in [0.1, 0.15) is 5.75 Å². The summed E-state index contributed by atoms with van der Waals surface area (Å²) in [7, 11) is 3.83. The van der Waals surface area contributed by atoms with Gasteiger partial charge in [-0.1, -0.05) is 13.0 Å². The molecule has 19 heavy (non-hydrogen) atoms. The standard InChI is InChI=1S/C16H23NO2/c1-4-16-7-8-17(2)14(15(16)18)9-11-5-6-12(19-3)10-13(11)16/h5-6,10,14-15,18H,4,7-9H2,1-3H3. The minimum atomic E-state index is -0.268. The minimum Gasteiger partial charge on any atom is -0.497 e. The van der Waals surface area contributed by atoms with Gasteiger partial charge in [-0.25, -0.2) is 0 Å². The van der Waals surface area contributed by atoms with Crippen molar-refractivity contribution in [2.45, 2.75) is 43.7 Å². The molecule has 3 rings (SSSR count). The molecule has 1 aliphatic carbocycles. The van der Waals surface area contributed by atoms with E-state index >= 15 is 0 Å². The average molecular weight is 261 g/mol. The number of fused-ring (bicyclic) bond motifs is 4. The Morgan fingerprint density at radius 1 is 1.47 bits per heavy atom. The molecule has 1 saturated heterocycles. The van der Waals surface area contributed by atoms with Crippen LogP contribution >= 0.6 is 0 Å². The molecule has 1 aromatic rings. The summed E-state index contributed by atoms with van der Waals surface area (Å²) in [4.78, 5) is 2.31. The highest BCUT2D eigenvalue weighted by atomic mass is 16.5. The second-order valence-corrected chi connectivity index (χ2v) is 5.98. The Morgan fingerprint density at radius 2 is 2.26 bits per heavy atom. The molecule has 0 aromatic heterocycles.